The fraction of sp³-hybridized carbons (Fsp3) is 0.200. The molecule has 1 aliphatic rings. The molecule has 2 rings (SSSR count). The lowest BCUT2D eigenvalue weighted by atomic mass is 10.2. The molecule has 0 radical (unpaired) electrons. The van der Waals surface area contributed by atoms with Crippen LogP contribution in [0.15, 0.2) is 36.4 Å². The van der Waals surface area contributed by atoms with Crippen molar-refractivity contribution >= 4 is 11.4 Å². The van der Waals surface area contributed by atoms with Crippen LogP contribution in [-0.2, 0) is 0 Å². The first-order valence-corrected chi connectivity index (χ1v) is 4.42. The minimum atomic E-state index is -0.383. The highest BCUT2D eigenvalue weighted by Gasteiger charge is 2.09. The normalized spacial score (nSPS) is 14.7. The van der Waals surface area contributed by atoms with Crippen LogP contribution in [0.25, 0.3) is 0 Å². The van der Waals surface area contributed by atoms with E-state index in [0.29, 0.717) is 0 Å². The van der Waals surface area contributed by atoms with Crippen LogP contribution >= 0.6 is 0 Å². The van der Waals surface area contributed by atoms with Crippen LogP contribution < -0.4 is 4.90 Å². The quantitative estimate of drug-likeness (QED) is 0.407. The first-order chi connectivity index (χ1) is 6.77. The molecule has 72 valence electrons. The van der Waals surface area contributed by atoms with Gasteiger partial charge >= 0.3 is 0 Å². The Balaban J connectivity index is 2.17. The highest BCUT2D eigenvalue weighted by atomic mass is 16.6. The molecular weight excluding hydrogens is 180 g/mol. The summed E-state index contributed by atoms with van der Waals surface area (Å²) in [5.41, 5.74) is 1.17. The second-order valence-corrected chi connectivity index (χ2v) is 3.15. The lowest BCUT2D eigenvalue weighted by molar-refractivity contribution is -0.384. The van der Waals surface area contributed by atoms with E-state index < -0.39 is 0 Å². The molecule has 0 atom stereocenters. The van der Waals surface area contributed by atoms with E-state index >= 15 is 0 Å². The van der Waals surface area contributed by atoms with Crippen molar-refractivity contribution in [1.82, 2.24) is 0 Å². The van der Waals surface area contributed by atoms with Crippen LogP contribution in [-0.4, -0.2) is 18.0 Å². The van der Waals surface area contributed by atoms with Gasteiger partial charge in [-0.05, 0) is 12.1 Å². The maximum absolute atomic E-state index is 10.4. The molecule has 0 aliphatic carbocycles. The molecular formula is C10H10N2O2. The van der Waals surface area contributed by atoms with Gasteiger partial charge < -0.3 is 4.90 Å². The number of rotatable bonds is 2. The summed E-state index contributed by atoms with van der Waals surface area (Å²) in [5.74, 6) is 0. The van der Waals surface area contributed by atoms with Crippen LogP contribution in [0.1, 0.15) is 0 Å². The van der Waals surface area contributed by atoms with Crippen molar-refractivity contribution in [3.05, 3.63) is 46.5 Å². The lowest BCUT2D eigenvalue weighted by Crippen LogP contribution is -2.18. The Labute approximate surface area is 81.6 Å². The molecule has 0 spiro atoms. The predicted octanol–water partition coefficient (Wildman–Crippen LogP) is 1.97. The van der Waals surface area contributed by atoms with Gasteiger partial charge in [-0.25, -0.2) is 0 Å². The van der Waals surface area contributed by atoms with Gasteiger partial charge in [-0.2, -0.15) is 0 Å². The van der Waals surface area contributed by atoms with Crippen LogP contribution in [0.2, 0.25) is 0 Å². The number of non-ortho nitro benzene ring substituents is 1. The van der Waals surface area contributed by atoms with Crippen molar-refractivity contribution in [2.24, 2.45) is 0 Å². The Morgan fingerprint density at radius 3 is 2.21 bits per heavy atom. The van der Waals surface area contributed by atoms with Crippen molar-refractivity contribution in [2.75, 3.05) is 18.0 Å². The van der Waals surface area contributed by atoms with E-state index in [1.807, 2.05) is 0 Å². The van der Waals surface area contributed by atoms with Gasteiger partial charge in [-0.3, -0.25) is 10.1 Å². The van der Waals surface area contributed by atoms with E-state index in [1.54, 1.807) is 12.1 Å². The molecule has 0 saturated carbocycles. The lowest BCUT2D eigenvalue weighted by Gasteiger charge is -2.16. The topological polar surface area (TPSA) is 46.4 Å². The summed E-state index contributed by atoms with van der Waals surface area (Å²) in [4.78, 5) is 12.2. The summed E-state index contributed by atoms with van der Waals surface area (Å²) in [5, 5.41) is 10.4. The molecule has 0 fully saturated rings. The maximum Gasteiger partial charge on any atom is 0.269 e. The van der Waals surface area contributed by atoms with Gasteiger partial charge in [0, 0.05) is 30.9 Å². The molecule has 0 unspecified atom stereocenters. The van der Waals surface area contributed by atoms with Crippen molar-refractivity contribution in [3.8, 4) is 0 Å². The third-order valence-corrected chi connectivity index (χ3v) is 2.24. The van der Waals surface area contributed by atoms with E-state index in [1.165, 1.54) is 12.1 Å². The molecule has 0 saturated heterocycles. The molecule has 4 heteroatoms. The highest BCUT2D eigenvalue weighted by molar-refractivity contribution is 5.52. The van der Waals surface area contributed by atoms with E-state index in [4.69, 9.17) is 0 Å². The molecule has 4 nitrogen and oxygen atoms in total. The average molecular weight is 190 g/mol. The maximum atomic E-state index is 10.4. The summed E-state index contributed by atoms with van der Waals surface area (Å²) in [6.45, 7) is 1.77. The van der Waals surface area contributed by atoms with E-state index in [0.717, 1.165) is 18.8 Å². The summed E-state index contributed by atoms with van der Waals surface area (Å²) in [7, 11) is 0. The molecule has 1 heterocycles. The zero-order valence-corrected chi connectivity index (χ0v) is 7.59. The van der Waals surface area contributed by atoms with Gasteiger partial charge in [0.25, 0.3) is 5.69 Å². The van der Waals surface area contributed by atoms with Gasteiger partial charge in [0.15, 0.2) is 0 Å². The Kier molecular flexibility index (Phi) is 2.18. The monoisotopic (exact) mass is 190 g/mol. The van der Waals surface area contributed by atoms with Crippen molar-refractivity contribution in [1.29, 1.82) is 0 Å². The Bertz CT molecular complexity index is 362. The molecule has 0 aromatic heterocycles. The van der Waals surface area contributed by atoms with Crippen molar-refractivity contribution in [2.45, 2.75) is 0 Å². The first-order valence-electron chi connectivity index (χ1n) is 4.42. The Hall–Kier alpha value is -1.84. The highest BCUT2D eigenvalue weighted by Crippen LogP contribution is 2.20. The van der Waals surface area contributed by atoms with Crippen LogP contribution in [0.5, 0.6) is 0 Å². The average Bonchev–Trinajstić information content (AvgIpc) is 2.71. The van der Waals surface area contributed by atoms with E-state index in [-0.39, 0.29) is 10.6 Å². The van der Waals surface area contributed by atoms with E-state index in [9.17, 15) is 10.1 Å². The van der Waals surface area contributed by atoms with Crippen molar-refractivity contribution < 1.29 is 4.92 Å². The first kappa shape index (κ1) is 8.74. The number of benzene rings is 1. The van der Waals surface area contributed by atoms with Gasteiger partial charge in [-0.1, -0.05) is 12.2 Å². The second kappa shape index (κ2) is 3.49. The molecule has 0 bridgehead atoms. The molecule has 1 aliphatic heterocycles. The largest absolute Gasteiger partial charge is 0.364 e. The van der Waals surface area contributed by atoms with E-state index in [2.05, 4.69) is 17.1 Å². The third kappa shape index (κ3) is 1.59. The predicted molar refractivity (Wildman–Crippen MR) is 54.4 cm³/mol. The number of nitrogens with zero attached hydrogens (tertiary/aromatic N) is 2. The summed E-state index contributed by atoms with van der Waals surface area (Å²) >= 11 is 0. The second-order valence-electron chi connectivity index (χ2n) is 3.15. The van der Waals surface area contributed by atoms with Gasteiger partial charge in [0.05, 0.1) is 4.92 Å². The van der Waals surface area contributed by atoms with Crippen LogP contribution in [0.3, 0.4) is 0 Å². The standard InChI is InChI=1S/C10H10N2O2/c13-12(14)10-5-3-9(4-6-10)11-7-1-2-8-11/h1-6H,7-8H2. The molecule has 1 aromatic carbocycles. The number of hydrogen-bond donors (Lipinski definition) is 0. The molecule has 0 N–H and O–H groups in total. The van der Waals surface area contributed by atoms with Gasteiger partial charge in [0.2, 0.25) is 0 Å². The fourth-order valence-electron chi connectivity index (χ4n) is 1.47. The zero-order valence-electron chi connectivity index (χ0n) is 7.59. The van der Waals surface area contributed by atoms with Crippen LogP contribution in [0, 0.1) is 10.1 Å². The number of hydrogen-bond acceptors (Lipinski definition) is 3. The zero-order chi connectivity index (χ0) is 9.97. The van der Waals surface area contributed by atoms with Gasteiger partial charge in [-0.15, -0.1) is 0 Å². The molecule has 1 aromatic rings. The number of nitro groups is 1. The SMILES string of the molecule is O=[N+]([O-])c1ccc(N2CC=CC2)cc1. The minimum Gasteiger partial charge on any atom is -0.364 e. The van der Waals surface area contributed by atoms with Crippen LogP contribution in [0.4, 0.5) is 11.4 Å². The summed E-state index contributed by atoms with van der Waals surface area (Å²) < 4.78 is 0. The molecule has 14 heavy (non-hydrogen) atoms. The molecule has 0 amide bonds. The van der Waals surface area contributed by atoms with Gasteiger partial charge in [0.1, 0.15) is 0 Å². The smallest absolute Gasteiger partial charge is 0.269 e. The summed E-state index contributed by atoms with van der Waals surface area (Å²) in [6.07, 6.45) is 4.17. The van der Waals surface area contributed by atoms with Crippen molar-refractivity contribution in [3.63, 3.8) is 0 Å². The third-order valence-electron chi connectivity index (χ3n) is 2.24. The number of anilines is 1. The number of nitro benzene ring substituents is 1. The minimum absolute atomic E-state index is 0.140. The summed E-state index contributed by atoms with van der Waals surface area (Å²) in [6, 6.07) is 6.64. The fourth-order valence-corrected chi connectivity index (χ4v) is 1.47. The Morgan fingerprint density at radius 1 is 1.14 bits per heavy atom. The Morgan fingerprint density at radius 2 is 1.71 bits per heavy atom.